The number of carbonyl (C=O) groups is 3. The zero-order chi connectivity index (χ0) is 15.0. The molecule has 0 atom stereocenters. The molecule has 7 heteroatoms. The molecule has 0 radical (unpaired) electrons. The predicted octanol–water partition coefficient (Wildman–Crippen LogP) is 1.06. The van der Waals surface area contributed by atoms with Crippen LogP contribution in [0.5, 0.6) is 0 Å². The van der Waals surface area contributed by atoms with Crippen molar-refractivity contribution in [3.63, 3.8) is 0 Å². The lowest BCUT2D eigenvalue weighted by molar-refractivity contribution is 0.0600. The van der Waals surface area contributed by atoms with Crippen molar-refractivity contribution in [3.8, 4) is 0 Å². The minimum absolute atomic E-state index is 0.0274. The SMILES string of the molecule is COC(=O)c1ccc(N2C(=O)c3nccnc3C2=O)cc1. The number of amides is 2. The Morgan fingerprint density at radius 3 is 2.00 bits per heavy atom. The Labute approximate surface area is 119 Å². The van der Waals surface area contributed by atoms with Crippen molar-refractivity contribution in [2.24, 2.45) is 0 Å². The van der Waals surface area contributed by atoms with Gasteiger partial charge in [0, 0.05) is 12.4 Å². The molecule has 2 aromatic rings. The Hall–Kier alpha value is -3.09. The highest BCUT2D eigenvalue weighted by atomic mass is 16.5. The summed E-state index contributed by atoms with van der Waals surface area (Å²) in [5.74, 6) is -1.56. The molecule has 7 nitrogen and oxygen atoms in total. The van der Waals surface area contributed by atoms with Crippen molar-refractivity contribution in [1.29, 1.82) is 0 Å². The molecule has 0 fully saturated rings. The highest BCUT2D eigenvalue weighted by Gasteiger charge is 2.39. The van der Waals surface area contributed by atoms with E-state index in [0.29, 0.717) is 11.3 Å². The van der Waals surface area contributed by atoms with Crippen molar-refractivity contribution in [2.75, 3.05) is 12.0 Å². The first kappa shape index (κ1) is 12.9. The lowest BCUT2D eigenvalue weighted by atomic mass is 10.2. The van der Waals surface area contributed by atoms with Crippen molar-refractivity contribution in [3.05, 3.63) is 53.6 Å². The van der Waals surface area contributed by atoms with Crippen molar-refractivity contribution >= 4 is 23.5 Å². The number of imide groups is 1. The van der Waals surface area contributed by atoms with E-state index < -0.39 is 17.8 Å². The normalized spacial score (nSPS) is 13.3. The monoisotopic (exact) mass is 283 g/mol. The average Bonchev–Trinajstić information content (AvgIpc) is 2.79. The Morgan fingerprint density at radius 1 is 1.00 bits per heavy atom. The standard InChI is InChI=1S/C14H9N3O4/c1-21-14(20)8-2-4-9(5-3-8)17-12(18)10-11(13(17)19)16-7-6-15-10/h2-7H,1H3. The van der Waals surface area contributed by atoms with Crippen molar-refractivity contribution < 1.29 is 19.1 Å². The molecule has 0 saturated carbocycles. The van der Waals surface area contributed by atoms with Gasteiger partial charge in [0.15, 0.2) is 11.4 Å². The van der Waals surface area contributed by atoms with Crippen LogP contribution in [-0.2, 0) is 4.74 Å². The van der Waals surface area contributed by atoms with E-state index in [9.17, 15) is 14.4 Å². The third kappa shape index (κ3) is 1.95. The number of fused-ring (bicyclic) bond motifs is 1. The van der Waals surface area contributed by atoms with Crippen LogP contribution in [-0.4, -0.2) is 34.9 Å². The van der Waals surface area contributed by atoms with Gasteiger partial charge >= 0.3 is 5.97 Å². The van der Waals surface area contributed by atoms with E-state index in [1.165, 1.54) is 43.8 Å². The molecule has 0 saturated heterocycles. The quantitative estimate of drug-likeness (QED) is 0.605. The molecular weight excluding hydrogens is 274 g/mol. The second-order valence-corrected chi connectivity index (χ2v) is 4.24. The maximum Gasteiger partial charge on any atom is 0.337 e. The van der Waals surface area contributed by atoms with Crippen LogP contribution in [0, 0.1) is 0 Å². The first-order valence-electron chi connectivity index (χ1n) is 6.01. The molecule has 104 valence electrons. The summed E-state index contributed by atoms with van der Waals surface area (Å²) in [4.78, 5) is 44.5. The predicted molar refractivity (Wildman–Crippen MR) is 71.0 cm³/mol. The van der Waals surface area contributed by atoms with Crippen LogP contribution in [0.4, 0.5) is 5.69 Å². The Balaban J connectivity index is 1.97. The summed E-state index contributed by atoms with van der Waals surface area (Å²) in [6.07, 6.45) is 2.71. The second-order valence-electron chi connectivity index (χ2n) is 4.24. The first-order valence-corrected chi connectivity index (χ1v) is 6.01. The maximum atomic E-state index is 12.2. The van der Waals surface area contributed by atoms with Gasteiger partial charge in [-0.25, -0.2) is 19.7 Å². The fourth-order valence-electron chi connectivity index (χ4n) is 2.05. The molecule has 1 aliphatic rings. The molecule has 0 N–H and O–H groups in total. The Bertz CT molecular complexity index is 720. The number of ether oxygens (including phenoxy) is 1. The third-order valence-electron chi connectivity index (χ3n) is 3.06. The summed E-state index contributed by atoms with van der Waals surface area (Å²) in [7, 11) is 1.28. The molecule has 1 aliphatic heterocycles. The van der Waals surface area contributed by atoms with Gasteiger partial charge in [-0.1, -0.05) is 0 Å². The number of carbonyl (C=O) groups excluding carboxylic acids is 3. The topological polar surface area (TPSA) is 89.5 Å². The van der Waals surface area contributed by atoms with Gasteiger partial charge in [0.1, 0.15) is 0 Å². The van der Waals surface area contributed by atoms with Gasteiger partial charge in [-0.3, -0.25) is 9.59 Å². The highest BCUT2D eigenvalue weighted by Crippen LogP contribution is 2.26. The van der Waals surface area contributed by atoms with Crippen LogP contribution in [0.15, 0.2) is 36.7 Å². The molecule has 0 bridgehead atoms. The van der Waals surface area contributed by atoms with E-state index in [1.807, 2.05) is 0 Å². The number of anilines is 1. The zero-order valence-corrected chi connectivity index (χ0v) is 10.9. The molecule has 0 unspecified atom stereocenters. The Kier molecular flexibility index (Phi) is 2.94. The summed E-state index contributed by atoms with van der Waals surface area (Å²) in [6.45, 7) is 0. The lowest BCUT2D eigenvalue weighted by Crippen LogP contribution is -2.29. The maximum absolute atomic E-state index is 12.2. The molecule has 21 heavy (non-hydrogen) atoms. The molecule has 0 aliphatic carbocycles. The number of hydrogen-bond acceptors (Lipinski definition) is 6. The molecular formula is C14H9N3O4. The van der Waals surface area contributed by atoms with Gasteiger partial charge in [0.2, 0.25) is 0 Å². The lowest BCUT2D eigenvalue weighted by Gasteiger charge is -2.13. The summed E-state index contributed by atoms with van der Waals surface area (Å²) >= 11 is 0. The molecule has 0 spiro atoms. The van der Waals surface area contributed by atoms with Crippen molar-refractivity contribution in [2.45, 2.75) is 0 Å². The van der Waals surface area contributed by atoms with Gasteiger partial charge in [0.25, 0.3) is 11.8 Å². The van der Waals surface area contributed by atoms with Crippen LogP contribution in [0.1, 0.15) is 31.3 Å². The van der Waals surface area contributed by atoms with Gasteiger partial charge in [0.05, 0.1) is 18.4 Å². The van der Waals surface area contributed by atoms with Crippen molar-refractivity contribution in [1.82, 2.24) is 9.97 Å². The summed E-state index contributed by atoms with van der Waals surface area (Å²) in [5.41, 5.74) is 0.727. The number of methoxy groups -OCH3 is 1. The number of hydrogen-bond donors (Lipinski definition) is 0. The van der Waals surface area contributed by atoms with Gasteiger partial charge in [-0.15, -0.1) is 0 Å². The second kappa shape index (κ2) is 4.78. The number of aromatic nitrogens is 2. The van der Waals surface area contributed by atoms with E-state index in [4.69, 9.17) is 0 Å². The fourth-order valence-corrected chi connectivity index (χ4v) is 2.05. The minimum atomic E-state index is -0.533. The zero-order valence-electron chi connectivity index (χ0n) is 10.9. The van der Waals surface area contributed by atoms with Gasteiger partial charge < -0.3 is 4.74 Å². The van der Waals surface area contributed by atoms with E-state index >= 15 is 0 Å². The Morgan fingerprint density at radius 2 is 1.52 bits per heavy atom. The van der Waals surface area contributed by atoms with Crippen LogP contribution in [0.2, 0.25) is 0 Å². The van der Waals surface area contributed by atoms with Crippen LogP contribution >= 0.6 is 0 Å². The number of esters is 1. The average molecular weight is 283 g/mol. The van der Waals surface area contributed by atoms with Crippen LogP contribution < -0.4 is 4.90 Å². The summed E-state index contributed by atoms with van der Waals surface area (Å²) in [6, 6.07) is 5.94. The third-order valence-corrected chi connectivity index (χ3v) is 3.06. The van der Waals surface area contributed by atoms with Gasteiger partial charge in [-0.2, -0.15) is 0 Å². The molecule has 2 heterocycles. The van der Waals surface area contributed by atoms with E-state index in [0.717, 1.165) is 4.90 Å². The molecule has 1 aromatic heterocycles. The molecule has 3 rings (SSSR count). The van der Waals surface area contributed by atoms with E-state index in [2.05, 4.69) is 14.7 Å². The van der Waals surface area contributed by atoms with E-state index in [1.54, 1.807) is 0 Å². The van der Waals surface area contributed by atoms with Crippen LogP contribution in [0.25, 0.3) is 0 Å². The smallest absolute Gasteiger partial charge is 0.337 e. The molecule has 1 aromatic carbocycles. The van der Waals surface area contributed by atoms with Crippen LogP contribution in [0.3, 0.4) is 0 Å². The van der Waals surface area contributed by atoms with E-state index in [-0.39, 0.29) is 11.4 Å². The molecule has 2 amide bonds. The number of benzene rings is 1. The fraction of sp³-hybridized carbons (Fsp3) is 0.0714. The minimum Gasteiger partial charge on any atom is -0.465 e. The first-order chi connectivity index (χ1) is 10.1. The largest absolute Gasteiger partial charge is 0.465 e. The number of nitrogens with zero attached hydrogens (tertiary/aromatic N) is 3. The van der Waals surface area contributed by atoms with Gasteiger partial charge in [-0.05, 0) is 24.3 Å². The number of rotatable bonds is 2. The summed E-state index contributed by atoms with van der Waals surface area (Å²) in [5, 5.41) is 0. The summed E-state index contributed by atoms with van der Waals surface area (Å²) < 4.78 is 4.59. The highest BCUT2D eigenvalue weighted by molar-refractivity contribution is 6.33.